The van der Waals surface area contributed by atoms with Crippen LogP contribution in [0.1, 0.15) is 17.0 Å². The van der Waals surface area contributed by atoms with E-state index in [2.05, 4.69) is 5.32 Å². The summed E-state index contributed by atoms with van der Waals surface area (Å²) >= 11 is 6.78. The van der Waals surface area contributed by atoms with Crippen molar-refractivity contribution in [1.29, 1.82) is 0 Å². The molecular weight excluding hydrogens is 465 g/mol. The average molecular weight is 484 g/mol. The Bertz CT molecular complexity index is 1280. The van der Waals surface area contributed by atoms with Crippen LogP contribution < -0.4 is 5.32 Å². The molecule has 1 fully saturated rings. The third-order valence-corrected chi connectivity index (χ3v) is 6.30. The van der Waals surface area contributed by atoms with Crippen molar-refractivity contribution in [1.82, 2.24) is 9.47 Å². The Morgan fingerprint density at radius 3 is 2.42 bits per heavy atom. The number of benzene rings is 2. The normalized spacial score (nSPS) is 14.9. The lowest BCUT2D eigenvalue weighted by Gasteiger charge is -2.12. The first kappa shape index (κ1) is 22.8. The van der Waals surface area contributed by atoms with Crippen LogP contribution in [0, 0.1) is 19.7 Å². The Labute approximate surface area is 199 Å². The average Bonchev–Trinajstić information content (AvgIpc) is 3.20. The van der Waals surface area contributed by atoms with E-state index >= 15 is 0 Å². The molecule has 3 amide bonds. The standard InChI is InChI=1S/C24H19ClFN3O3S/c1-14-11-16(15(2)29(14)20-9-3-17(25)4-10-20)12-21-23(31)28(24(32)33-21)13-22(30)27-19-7-5-18(26)6-8-19/h3-12H,13H2,1-2H3,(H,27,30)/b21-12-. The van der Waals surface area contributed by atoms with Gasteiger partial charge in [-0.2, -0.15) is 0 Å². The van der Waals surface area contributed by atoms with E-state index in [1.807, 2.05) is 36.6 Å². The number of thioether (sulfide) groups is 1. The molecule has 33 heavy (non-hydrogen) atoms. The van der Waals surface area contributed by atoms with Crippen molar-refractivity contribution < 1.29 is 18.8 Å². The molecule has 9 heteroatoms. The molecule has 1 saturated heterocycles. The quantitative estimate of drug-likeness (QED) is 0.482. The topological polar surface area (TPSA) is 71.4 Å². The van der Waals surface area contributed by atoms with Gasteiger partial charge in [0.15, 0.2) is 0 Å². The van der Waals surface area contributed by atoms with Crippen LogP contribution in [-0.2, 0) is 9.59 Å². The van der Waals surface area contributed by atoms with Crippen molar-refractivity contribution in [3.8, 4) is 5.69 Å². The molecule has 6 nitrogen and oxygen atoms in total. The van der Waals surface area contributed by atoms with Crippen LogP contribution in [-0.4, -0.2) is 33.1 Å². The molecule has 2 aromatic carbocycles. The van der Waals surface area contributed by atoms with Gasteiger partial charge in [0.25, 0.3) is 11.1 Å². The van der Waals surface area contributed by atoms with Gasteiger partial charge >= 0.3 is 0 Å². The van der Waals surface area contributed by atoms with E-state index in [1.165, 1.54) is 24.3 Å². The zero-order chi connectivity index (χ0) is 23.7. The molecule has 0 aliphatic carbocycles. The van der Waals surface area contributed by atoms with Crippen LogP contribution in [0.3, 0.4) is 0 Å². The van der Waals surface area contributed by atoms with Crippen LogP contribution >= 0.6 is 23.4 Å². The summed E-state index contributed by atoms with van der Waals surface area (Å²) in [4.78, 5) is 38.7. The highest BCUT2D eigenvalue weighted by Crippen LogP contribution is 2.33. The van der Waals surface area contributed by atoms with Crippen molar-refractivity contribution in [3.05, 3.63) is 87.3 Å². The van der Waals surface area contributed by atoms with Gasteiger partial charge in [-0.1, -0.05) is 11.6 Å². The van der Waals surface area contributed by atoms with Crippen LogP contribution in [0.15, 0.2) is 59.5 Å². The summed E-state index contributed by atoms with van der Waals surface area (Å²) in [5.41, 5.74) is 3.96. The molecule has 0 spiro atoms. The lowest BCUT2D eigenvalue weighted by Crippen LogP contribution is -2.36. The van der Waals surface area contributed by atoms with Crippen molar-refractivity contribution in [2.24, 2.45) is 0 Å². The first-order valence-electron chi connectivity index (χ1n) is 9.98. The monoisotopic (exact) mass is 483 g/mol. The third-order valence-electron chi connectivity index (χ3n) is 5.14. The molecule has 3 aromatic rings. The number of anilines is 1. The summed E-state index contributed by atoms with van der Waals surface area (Å²) in [5.74, 6) is -1.51. The van der Waals surface area contributed by atoms with Crippen molar-refractivity contribution >= 4 is 52.2 Å². The second-order valence-electron chi connectivity index (χ2n) is 7.46. The predicted molar refractivity (Wildman–Crippen MR) is 128 cm³/mol. The van der Waals surface area contributed by atoms with Gasteiger partial charge in [0, 0.05) is 27.8 Å². The number of amides is 3. The van der Waals surface area contributed by atoms with Crippen LogP contribution in [0.25, 0.3) is 11.8 Å². The van der Waals surface area contributed by atoms with Gasteiger partial charge < -0.3 is 9.88 Å². The molecule has 1 aromatic heterocycles. The molecular formula is C24H19ClFN3O3S. The van der Waals surface area contributed by atoms with Gasteiger partial charge in [0.05, 0.1) is 4.91 Å². The van der Waals surface area contributed by atoms with Gasteiger partial charge in [0.2, 0.25) is 5.91 Å². The molecule has 1 aliphatic rings. The zero-order valence-electron chi connectivity index (χ0n) is 17.8. The number of halogens is 2. The first-order chi connectivity index (χ1) is 15.7. The van der Waals surface area contributed by atoms with E-state index < -0.39 is 29.4 Å². The number of carbonyl (C=O) groups excluding carboxylic acids is 3. The zero-order valence-corrected chi connectivity index (χ0v) is 19.3. The predicted octanol–water partition coefficient (Wildman–Crippen LogP) is 5.56. The van der Waals surface area contributed by atoms with Gasteiger partial charge in [0.1, 0.15) is 12.4 Å². The minimum Gasteiger partial charge on any atom is -0.325 e. The highest BCUT2D eigenvalue weighted by atomic mass is 35.5. The Morgan fingerprint density at radius 1 is 1.09 bits per heavy atom. The summed E-state index contributed by atoms with van der Waals surface area (Å²) < 4.78 is 15.0. The summed E-state index contributed by atoms with van der Waals surface area (Å²) in [5, 5.41) is 2.67. The minimum absolute atomic E-state index is 0.242. The molecule has 0 unspecified atom stereocenters. The van der Waals surface area contributed by atoms with Gasteiger partial charge in [-0.3, -0.25) is 19.3 Å². The summed E-state index contributed by atoms with van der Waals surface area (Å²) in [6.45, 7) is 3.45. The summed E-state index contributed by atoms with van der Waals surface area (Å²) in [6.07, 6.45) is 1.66. The second kappa shape index (κ2) is 9.25. The highest BCUT2D eigenvalue weighted by Gasteiger charge is 2.36. The van der Waals surface area contributed by atoms with Crippen molar-refractivity contribution in [2.75, 3.05) is 11.9 Å². The smallest absolute Gasteiger partial charge is 0.294 e. The maximum atomic E-state index is 13.0. The molecule has 4 rings (SSSR count). The van der Waals surface area contributed by atoms with Crippen LogP contribution in [0.5, 0.6) is 0 Å². The number of aromatic nitrogens is 1. The van der Waals surface area contributed by atoms with Crippen molar-refractivity contribution in [3.63, 3.8) is 0 Å². The fraction of sp³-hybridized carbons (Fsp3) is 0.125. The number of nitrogens with one attached hydrogen (secondary N) is 1. The fourth-order valence-corrected chi connectivity index (χ4v) is 4.53. The van der Waals surface area contributed by atoms with E-state index in [0.717, 1.165) is 39.3 Å². The molecule has 2 heterocycles. The Balaban J connectivity index is 1.52. The molecule has 0 bridgehead atoms. The number of hydrogen-bond donors (Lipinski definition) is 1. The number of hydrogen-bond acceptors (Lipinski definition) is 4. The maximum Gasteiger partial charge on any atom is 0.294 e. The molecule has 0 atom stereocenters. The second-order valence-corrected chi connectivity index (χ2v) is 8.89. The van der Waals surface area contributed by atoms with Crippen molar-refractivity contribution in [2.45, 2.75) is 13.8 Å². The highest BCUT2D eigenvalue weighted by molar-refractivity contribution is 8.18. The fourth-order valence-electron chi connectivity index (χ4n) is 3.58. The molecule has 168 valence electrons. The van der Waals surface area contributed by atoms with Crippen LogP contribution in [0.2, 0.25) is 5.02 Å². The molecule has 1 aliphatic heterocycles. The number of nitrogens with zero attached hydrogens (tertiary/aromatic N) is 2. The number of imide groups is 1. The summed E-state index contributed by atoms with van der Waals surface area (Å²) in [7, 11) is 0. The summed E-state index contributed by atoms with van der Waals surface area (Å²) in [6, 6.07) is 14.6. The van der Waals surface area contributed by atoms with E-state index in [0.29, 0.717) is 10.7 Å². The number of rotatable bonds is 5. The lowest BCUT2D eigenvalue weighted by molar-refractivity contribution is -0.127. The van der Waals surface area contributed by atoms with Gasteiger partial charge in [-0.25, -0.2) is 4.39 Å². The Hall–Kier alpha value is -3.36. The van der Waals surface area contributed by atoms with E-state index in [4.69, 9.17) is 11.6 Å². The minimum atomic E-state index is -0.550. The molecule has 0 radical (unpaired) electrons. The molecule has 0 saturated carbocycles. The maximum absolute atomic E-state index is 13.0. The third kappa shape index (κ3) is 4.86. The number of aryl methyl sites for hydroxylation is 1. The van der Waals surface area contributed by atoms with Gasteiger partial charge in [-0.15, -0.1) is 0 Å². The largest absolute Gasteiger partial charge is 0.325 e. The van der Waals surface area contributed by atoms with E-state index in [9.17, 15) is 18.8 Å². The first-order valence-corrected chi connectivity index (χ1v) is 11.2. The van der Waals surface area contributed by atoms with Gasteiger partial charge in [-0.05, 0) is 91.8 Å². The molecule has 1 N–H and O–H groups in total. The Kier molecular flexibility index (Phi) is 6.40. The lowest BCUT2D eigenvalue weighted by atomic mass is 10.2. The van der Waals surface area contributed by atoms with E-state index in [-0.39, 0.29) is 4.91 Å². The van der Waals surface area contributed by atoms with Crippen LogP contribution in [0.4, 0.5) is 14.9 Å². The SMILES string of the molecule is Cc1cc(/C=C2\SC(=O)N(CC(=O)Nc3ccc(F)cc3)C2=O)c(C)n1-c1ccc(Cl)cc1. The Morgan fingerprint density at radius 2 is 1.76 bits per heavy atom. The number of carbonyl (C=O) groups is 3. The van der Waals surface area contributed by atoms with E-state index in [1.54, 1.807) is 18.2 Å².